The van der Waals surface area contributed by atoms with Gasteiger partial charge in [0, 0.05) is 14.4 Å². The van der Waals surface area contributed by atoms with Gasteiger partial charge in [0.25, 0.3) is 12.9 Å². The van der Waals surface area contributed by atoms with Crippen molar-refractivity contribution in [2.75, 3.05) is 17.2 Å². The second-order valence-electron chi connectivity index (χ2n) is 19.8. The van der Waals surface area contributed by atoms with Crippen molar-refractivity contribution in [2.45, 2.75) is 143 Å². The summed E-state index contributed by atoms with van der Waals surface area (Å²) in [6.07, 6.45) is -5.06. The predicted octanol–water partition coefficient (Wildman–Crippen LogP) is 10.9. The molecule has 3 aromatic heterocycles. The van der Waals surface area contributed by atoms with Gasteiger partial charge in [-0.25, -0.2) is 17.6 Å². The van der Waals surface area contributed by atoms with Crippen LogP contribution in [-0.4, -0.2) is 97.4 Å². The number of alkyl halides is 4. The van der Waals surface area contributed by atoms with Gasteiger partial charge in [-0.05, 0) is 145 Å². The van der Waals surface area contributed by atoms with Gasteiger partial charge in [-0.1, -0.05) is 40.9 Å². The van der Waals surface area contributed by atoms with E-state index in [1.807, 2.05) is 89.2 Å². The van der Waals surface area contributed by atoms with E-state index in [9.17, 15) is 17.6 Å². The summed E-state index contributed by atoms with van der Waals surface area (Å²) in [6, 6.07) is 10.3. The van der Waals surface area contributed by atoms with E-state index in [2.05, 4.69) is 52.3 Å². The lowest BCUT2D eigenvalue weighted by molar-refractivity contribution is 0.00578. The van der Waals surface area contributed by atoms with Crippen molar-refractivity contribution >= 4 is 143 Å². The number of aromatic nitrogens is 6. The van der Waals surface area contributed by atoms with E-state index in [0.29, 0.717) is 52.6 Å². The van der Waals surface area contributed by atoms with E-state index < -0.39 is 58.3 Å². The van der Waals surface area contributed by atoms with E-state index in [4.69, 9.17) is 79.9 Å². The highest BCUT2D eigenvalue weighted by Gasteiger charge is 2.63. The van der Waals surface area contributed by atoms with Crippen LogP contribution in [0.25, 0.3) is 32.7 Å². The maximum atomic E-state index is 12.9. The quantitative estimate of drug-likeness (QED) is 0.0911. The molecular weight excluding hydrogens is 1110 g/mol. The van der Waals surface area contributed by atoms with Crippen LogP contribution < -0.4 is 22.7 Å². The van der Waals surface area contributed by atoms with E-state index >= 15 is 0 Å². The third kappa shape index (κ3) is 11.2. The number of benzene rings is 3. The molecule has 0 saturated carbocycles. The van der Waals surface area contributed by atoms with Crippen molar-refractivity contribution in [3.05, 3.63) is 60.4 Å². The van der Waals surface area contributed by atoms with Gasteiger partial charge in [-0.3, -0.25) is 14.5 Å². The lowest BCUT2D eigenvalue weighted by Gasteiger charge is -2.32. The van der Waals surface area contributed by atoms with Gasteiger partial charge in [0.1, 0.15) is 13.1 Å². The molecule has 27 heteroatoms. The summed E-state index contributed by atoms with van der Waals surface area (Å²) in [5.41, 5.74) is 16.9. The third-order valence-corrected chi connectivity index (χ3v) is 15.5. The van der Waals surface area contributed by atoms with Crippen molar-refractivity contribution in [3.63, 3.8) is 0 Å². The molecule has 3 aliphatic heterocycles. The van der Waals surface area contributed by atoms with Gasteiger partial charge in [0.15, 0.2) is 17.5 Å². The van der Waals surface area contributed by atoms with Crippen LogP contribution in [0.4, 0.5) is 35.0 Å². The second kappa shape index (κ2) is 20.4. The Morgan fingerprint density at radius 1 is 0.543 bits per heavy atom. The smallest absolute Gasteiger partial charge is 0.405 e. The number of nitrogens with one attached hydrogen (secondary N) is 1. The SMILES string of the molecule is CC1(C)OB(B2OC(C)(C)C(C)(C)O2)OC1(C)C.CC1(C)OB(c2ccc(Cl)c3c(N)nn(CC(F)F)c23)OC1(C)C.Nc1n[nH]c2c(Br)ccc(Cl)c12.Nc1nn(CC(F)F)c2c(Br)ccc(Cl)c12. The number of fused-ring (bicyclic) bond motifs is 3. The molecule has 3 fully saturated rings. The van der Waals surface area contributed by atoms with Crippen molar-refractivity contribution in [1.29, 1.82) is 0 Å². The minimum absolute atomic E-state index is 0.106. The molecule has 70 heavy (non-hydrogen) atoms. The first-order chi connectivity index (χ1) is 32.1. The number of aromatic amines is 1. The first-order valence-corrected chi connectivity index (χ1v) is 24.6. The lowest BCUT2D eigenvalue weighted by atomic mass is 9.49. The minimum Gasteiger partial charge on any atom is -0.405 e. The highest BCUT2D eigenvalue weighted by atomic mass is 79.9. The predicted molar refractivity (Wildman–Crippen MR) is 279 cm³/mol. The highest BCUT2D eigenvalue weighted by molar-refractivity contribution is 9.11. The standard InChI is InChI=1S/C15H19BClF2N3O2.C12H24B2O4.C9H7BrClF2N3.C7H5BrClN3/c1-14(2)15(3,4)24-16(23-14)8-5-6-9(17)11-12(8)22(7-10(18)19)21-13(11)20;1-9(2)10(3,4)16-13(15-9)14-17-11(5,6)12(7,8)18-14;10-4-1-2-5(11)7-8(4)16(3-6(12)13)15-9(7)14;8-3-1-2-4(9)5-6(3)11-12-7(5)10/h5-6,10H,7H2,1-4H3,(H2,20,21);1-8H3;1-2,6H,3H2,(H2,14,15);1-2H,(H3,10,11,12). The summed E-state index contributed by atoms with van der Waals surface area (Å²) in [7, 11) is -1.67. The fourth-order valence-electron chi connectivity index (χ4n) is 7.37. The molecule has 380 valence electrons. The summed E-state index contributed by atoms with van der Waals surface area (Å²) < 4.78 is 90.3. The van der Waals surface area contributed by atoms with E-state index in [1.165, 1.54) is 4.68 Å². The molecule has 9 rings (SSSR count). The Morgan fingerprint density at radius 3 is 1.31 bits per heavy atom. The fraction of sp³-hybridized carbons (Fsp3) is 0.512. The summed E-state index contributed by atoms with van der Waals surface area (Å²) >= 11 is 24.7. The topological polar surface area (TPSA) is 198 Å². The molecule has 0 radical (unpaired) electrons. The molecule has 3 saturated heterocycles. The molecular formula is C43H55B3Br2Cl3F4N9O6. The minimum atomic E-state index is -2.57. The Kier molecular flexibility index (Phi) is 16.4. The number of nitrogens with zero attached hydrogens (tertiary/aromatic N) is 5. The zero-order valence-electron chi connectivity index (χ0n) is 40.6. The van der Waals surface area contributed by atoms with Crippen LogP contribution in [0.2, 0.25) is 15.1 Å². The van der Waals surface area contributed by atoms with Crippen LogP contribution in [0.5, 0.6) is 0 Å². The first-order valence-electron chi connectivity index (χ1n) is 21.9. The van der Waals surface area contributed by atoms with E-state index in [-0.39, 0.29) is 34.0 Å². The molecule has 15 nitrogen and oxygen atoms in total. The number of nitrogens with two attached hydrogens (primary N) is 3. The van der Waals surface area contributed by atoms with Crippen LogP contribution >= 0.6 is 66.7 Å². The molecule has 7 N–H and O–H groups in total. The molecule has 0 atom stereocenters. The lowest BCUT2D eigenvalue weighted by Crippen LogP contribution is -2.41. The van der Waals surface area contributed by atoms with Crippen LogP contribution in [0.3, 0.4) is 0 Å². The Bertz CT molecular complexity index is 2810. The zero-order valence-corrected chi connectivity index (χ0v) is 46.0. The van der Waals surface area contributed by atoms with E-state index in [1.54, 1.807) is 30.3 Å². The van der Waals surface area contributed by atoms with Crippen molar-refractivity contribution < 1.29 is 45.5 Å². The van der Waals surface area contributed by atoms with Gasteiger partial charge >= 0.3 is 21.1 Å². The maximum Gasteiger partial charge on any atom is 0.497 e. The van der Waals surface area contributed by atoms with Gasteiger partial charge in [-0.2, -0.15) is 15.3 Å². The average Bonchev–Trinajstić information content (AvgIpc) is 4.02. The Hall–Kier alpha value is -3.03. The molecule has 0 bridgehead atoms. The van der Waals surface area contributed by atoms with Gasteiger partial charge < -0.3 is 45.1 Å². The molecule has 0 spiro atoms. The molecule has 6 aromatic rings. The summed E-state index contributed by atoms with van der Waals surface area (Å²) in [5.74, 6) is 0.687. The number of hydrogen-bond donors (Lipinski definition) is 4. The molecule has 0 amide bonds. The summed E-state index contributed by atoms with van der Waals surface area (Å²) in [4.78, 5) is 0. The van der Waals surface area contributed by atoms with Crippen LogP contribution in [0.15, 0.2) is 45.3 Å². The molecule has 3 aromatic carbocycles. The van der Waals surface area contributed by atoms with Gasteiger partial charge in [0.05, 0.1) is 81.4 Å². The number of hydrogen-bond acceptors (Lipinski definition) is 12. The van der Waals surface area contributed by atoms with Crippen LogP contribution in [0.1, 0.15) is 83.1 Å². The monoisotopic (exact) mass is 1170 g/mol. The maximum absolute atomic E-state index is 12.9. The average molecular weight is 1170 g/mol. The summed E-state index contributed by atoms with van der Waals surface area (Å²) in [5, 5.41) is 17.6. The highest BCUT2D eigenvalue weighted by Crippen LogP contribution is 2.44. The van der Waals surface area contributed by atoms with Crippen molar-refractivity contribution in [2.24, 2.45) is 0 Å². The fourth-order valence-corrected chi connectivity index (χ4v) is 9.08. The largest absolute Gasteiger partial charge is 0.497 e. The van der Waals surface area contributed by atoms with Crippen molar-refractivity contribution in [1.82, 2.24) is 29.8 Å². The number of halogens is 9. The van der Waals surface area contributed by atoms with Crippen LogP contribution in [0, 0.1) is 0 Å². The molecule has 0 unspecified atom stereocenters. The first kappa shape index (κ1) is 56.3. The number of nitrogen functional groups attached to an aromatic ring is 3. The summed E-state index contributed by atoms with van der Waals surface area (Å²) in [6.45, 7) is 22.8. The normalized spacial score (nSPS) is 19.4. The zero-order chi connectivity index (χ0) is 52.4. The molecule has 6 heterocycles. The number of H-pyrrole nitrogens is 1. The Morgan fingerprint density at radius 2 is 0.900 bits per heavy atom. The van der Waals surface area contributed by atoms with Crippen molar-refractivity contribution in [3.8, 4) is 0 Å². The molecule has 0 aliphatic carbocycles. The second-order valence-corrected chi connectivity index (χ2v) is 22.7. The number of anilines is 3. The molecule has 3 aliphatic rings. The van der Waals surface area contributed by atoms with Gasteiger partial charge in [-0.15, -0.1) is 0 Å². The van der Waals surface area contributed by atoms with Crippen LogP contribution in [-0.2, 0) is 41.0 Å². The van der Waals surface area contributed by atoms with Gasteiger partial charge in [0.2, 0.25) is 0 Å². The Balaban J connectivity index is 0.000000157. The third-order valence-electron chi connectivity index (χ3n) is 13.3. The van der Waals surface area contributed by atoms with E-state index in [0.717, 1.165) is 20.1 Å². The Labute approximate surface area is 436 Å². The number of rotatable bonds is 6.